The van der Waals surface area contributed by atoms with Crippen LogP contribution in [-0.2, 0) is 13.0 Å². The molecule has 0 saturated carbocycles. The first-order chi connectivity index (χ1) is 7.11. The molecule has 2 heterocycles. The molecule has 0 aliphatic carbocycles. The molecule has 0 spiro atoms. The van der Waals surface area contributed by atoms with Gasteiger partial charge >= 0.3 is 5.97 Å². The summed E-state index contributed by atoms with van der Waals surface area (Å²) in [6.07, 6.45) is 3.17. The number of imidazole rings is 1. The fourth-order valence-corrected chi connectivity index (χ4v) is 2.20. The number of nitrogens with zero attached hydrogens (tertiary/aromatic N) is 2. The number of rotatable bonds is 2. The SMILES string of the molecule is CC(C)c1nc(C(=O)O)n2c1CCCC2. The van der Waals surface area contributed by atoms with Gasteiger partial charge in [-0.05, 0) is 25.2 Å². The van der Waals surface area contributed by atoms with Crippen LogP contribution in [0.25, 0.3) is 0 Å². The number of carbonyl (C=O) groups is 1. The van der Waals surface area contributed by atoms with Gasteiger partial charge in [-0.2, -0.15) is 0 Å². The average molecular weight is 208 g/mol. The lowest BCUT2D eigenvalue weighted by atomic mass is 10.0. The number of carboxylic acid groups (broad SMARTS) is 1. The molecule has 1 aliphatic rings. The maximum Gasteiger partial charge on any atom is 0.372 e. The predicted molar refractivity (Wildman–Crippen MR) is 56.2 cm³/mol. The molecule has 0 unspecified atom stereocenters. The summed E-state index contributed by atoms with van der Waals surface area (Å²) in [7, 11) is 0. The van der Waals surface area contributed by atoms with Gasteiger partial charge in [0.25, 0.3) is 0 Å². The van der Waals surface area contributed by atoms with Crippen molar-refractivity contribution in [3.8, 4) is 0 Å². The average Bonchev–Trinajstić information content (AvgIpc) is 2.56. The second kappa shape index (κ2) is 3.68. The van der Waals surface area contributed by atoms with E-state index in [0.717, 1.165) is 37.2 Å². The summed E-state index contributed by atoms with van der Waals surface area (Å²) in [5, 5.41) is 9.05. The topological polar surface area (TPSA) is 55.1 Å². The molecular formula is C11H16N2O2. The van der Waals surface area contributed by atoms with Crippen LogP contribution in [0.3, 0.4) is 0 Å². The second-order valence-electron chi connectivity index (χ2n) is 4.34. The Hall–Kier alpha value is -1.32. The minimum atomic E-state index is -0.912. The first kappa shape index (κ1) is 10.2. The number of carboxylic acids is 1. The molecule has 4 heteroatoms. The van der Waals surface area contributed by atoms with Crippen LogP contribution >= 0.6 is 0 Å². The molecule has 0 saturated heterocycles. The van der Waals surface area contributed by atoms with Crippen LogP contribution in [0.5, 0.6) is 0 Å². The van der Waals surface area contributed by atoms with Crippen molar-refractivity contribution >= 4 is 5.97 Å². The minimum Gasteiger partial charge on any atom is -0.475 e. The van der Waals surface area contributed by atoms with Crippen LogP contribution in [-0.4, -0.2) is 20.6 Å². The van der Waals surface area contributed by atoms with Crippen molar-refractivity contribution in [1.29, 1.82) is 0 Å². The van der Waals surface area contributed by atoms with Gasteiger partial charge in [-0.1, -0.05) is 13.8 Å². The van der Waals surface area contributed by atoms with Crippen molar-refractivity contribution in [1.82, 2.24) is 9.55 Å². The number of fused-ring (bicyclic) bond motifs is 1. The Bertz CT molecular complexity index is 394. The van der Waals surface area contributed by atoms with E-state index in [1.54, 1.807) is 0 Å². The van der Waals surface area contributed by atoms with E-state index >= 15 is 0 Å². The summed E-state index contributed by atoms with van der Waals surface area (Å²) in [6.45, 7) is 4.92. The Kier molecular flexibility index (Phi) is 2.50. The molecule has 82 valence electrons. The summed E-state index contributed by atoms with van der Waals surface area (Å²) in [5.74, 6) is -0.393. The maximum absolute atomic E-state index is 11.0. The van der Waals surface area contributed by atoms with E-state index in [9.17, 15) is 4.79 Å². The molecule has 0 amide bonds. The third-order valence-electron chi connectivity index (χ3n) is 2.89. The lowest BCUT2D eigenvalue weighted by Gasteiger charge is -2.17. The van der Waals surface area contributed by atoms with Crippen molar-refractivity contribution < 1.29 is 9.90 Å². The van der Waals surface area contributed by atoms with Crippen LogP contribution in [0.15, 0.2) is 0 Å². The molecule has 1 N–H and O–H groups in total. The van der Waals surface area contributed by atoms with E-state index in [4.69, 9.17) is 5.11 Å². The minimum absolute atomic E-state index is 0.216. The van der Waals surface area contributed by atoms with E-state index in [2.05, 4.69) is 18.8 Å². The molecule has 2 rings (SSSR count). The first-order valence-electron chi connectivity index (χ1n) is 5.44. The third-order valence-corrected chi connectivity index (χ3v) is 2.89. The zero-order valence-electron chi connectivity index (χ0n) is 9.16. The number of hydrogen-bond donors (Lipinski definition) is 1. The highest BCUT2D eigenvalue weighted by Crippen LogP contribution is 2.25. The van der Waals surface area contributed by atoms with E-state index in [-0.39, 0.29) is 5.82 Å². The van der Waals surface area contributed by atoms with E-state index in [1.165, 1.54) is 0 Å². The summed E-state index contributed by atoms with van der Waals surface area (Å²) in [5.41, 5.74) is 2.10. The van der Waals surface area contributed by atoms with E-state index in [0.29, 0.717) is 5.92 Å². The van der Waals surface area contributed by atoms with E-state index in [1.807, 2.05) is 4.57 Å². The van der Waals surface area contributed by atoms with Gasteiger partial charge in [0.05, 0.1) is 5.69 Å². The molecule has 0 fully saturated rings. The monoisotopic (exact) mass is 208 g/mol. The summed E-state index contributed by atoms with van der Waals surface area (Å²) >= 11 is 0. The van der Waals surface area contributed by atoms with Crippen LogP contribution in [0, 0.1) is 0 Å². The van der Waals surface area contributed by atoms with Crippen molar-refractivity contribution in [3.05, 3.63) is 17.2 Å². The first-order valence-corrected chi connectivity index (χ1v) is 5.44. The van der Waals surface area contributed by atoms with Crippen LogP contribution in [0.4, 0.5) is 0 Å². The molecule has 4 nitrogen and oxygen atoms in total. The highest BCUT2D eigenvalue weighted by atomic mass is 16.4. The zero-order valence-corrected chi connectivity index (χ0v) is 9.16. The van der Waals surface area contributed by atoms with Gasteiger partial charge in [-0.3, -0.25) is 0 Å². The van der Waals surface area contributed by atoms with Crippen molar-refractivity contribution in [2.24, 2.45) is 0 Å². The molecule has 1 aromatic heterocycles. The maximum atomic E-state index is 11.0. The number of aromatic nitrogens is 2. The highest BCUT2D eigenvalue weighted by Gasteiger charge is 2.24. The van der Waals surface area contributed by atoms with Gasteiger partial charge in [-0.25, -0.2) is 9.78 Å². The highest BCUT2D eigenvalue weighted by molar-refractivity contribution is 5.84. The predicted octanol–water partition coefficient (Wildman–Crippen LogP) is 2.04. The van der Waals surface area contributed by atoms with Crippen LogP contribution < -0.4 is 0 Å². The van der Waals surface area contributed by atoms with Crippen LogP contribution in [0.2, 0.25) is 0 Å². The molecular weight excluding hydrogens is 192 g/mol. The number of aromatic carboxylic acids is 1. The largest absolute Gasteiger partial charge is 0.475 e. The Balaban J connectivity index is 2.54. The summed E-state index contributed by atoms with van der Waals surface area (Å²) in [6, 6.07) is 0. The van der Waals surface area contributed by atoms with Gasteiger partial charge in [0.1, 0.15) is 0 Å². The summed E-state index contributed by atoms with van der Waals surface area (Å²) in [4.78, 5) is 15.3. The van der Waals surface area contributed by atoms with Crippen LogP contribution in [0.1, 0.15) is 54.6 Å². The van der Waals surface area contributed by atoms with E-state index < -0.39 is 5.97 Å². The van der Waals surface area contributed by atoms with Gasteiger partial charge in [0.2, 0.25) is 5.82 Å². The second-order valence-corrected chi connectivity index (χ2v) is 4.34. The fourth-order valence-electron chi connectivity index (χ4n) is 2.20. The Labute approximate surface area is 88.9 Å². The molecule has 0 atom stereocenters. The van der Waals surface area contributed by atoms with Gasteiger partial charge in [0, 0.05) is 12.2 Å². The number of hydrogen-bond acceptors (Lipinski definition) is 2. The molecule has 0 radical (unpaired) electrons. The molecule has 1 aliphatic heterocycles. The smallest absolute Gasteiger partial charge is 0.372 e. The Morgan fingerprint density at radius 1 is 1.47 bits per heavy atom. The lowest BCUT2D eigenvalue weighted by molar-refractivity contribution is 0.0677. The normalized spacial score (nSPS) is 15.4. The molecule has 0 aromatic carbocycles. The zero-order chi connectivity index (χ0) is 11.0. The van der Waals surface area contributed by atoms with Crippen molar-refractivity contribution in [3.63, 3.8) is 0 Å². The van der Waals surface area contributed by atoms with Gasteiger partial charge in [-0.15, -0.1) is 0 Å². The Morgan fingerprint density at radius 2 is 2.20 bits per heavy atom. The third kappa shape index (κ3) is 1.64. The molecule has 15 heavy (non-hydrogen) atoms. The summed E-state index contributed by atoms with van der Waals surface area (Å²) < 4.78 is 1.88. The Morgan fingerprint density at radius 3 is 2.80 bits per heavy atom. The molecule has 0 bridgehead atoms. The van der Waals surface area contributed by atoms with Gasteiger partial charge < -0.3 is 9.67 Å². The van der Waals surface area contributed by atoms with Gasteiger partial charge in [0.15, 0.2) is 0 Å². The molecule has 1 aromatic rings. The van der Waals surface area contributed by atoms with Crippen molar-refractivity contribution in [2.45, 2.75) is 45.6 Å². The fraction of sp³-hybridized carbons (Fsp3) is 0.636. The quantitative estimate of drug-likeness (QED) is 0.809. The van der Waals surface area contributed by atoms with Crippen molar-refractivity contribution in [2.75, 3.05) is 0 Å². The lowest BCUT2D eigenvalue weighted by Crippen LogP contribution is -2.16. The standard InChI is InChI=1S/C11H16N2O2/c1-7(2)9-8-5-3-4-6-13(8)10(12-9)11(14)15/h7H,3-6H2,1-2H3,(H,14,15).